The summed E-state index contributed by atoms with van der Waals surface area (Å²) in [4.78, 5) is 26.4. The van der Waals surface area contributed by atoms with E-state index in [-0.39, 0.29) is 5.78 Å². The summed E-state index contributed by atoms with van der Waals surface area (Å²) in [6.45, 7) is 3.05. The summed E-state index contributed by atoms with van der Waals surface area (Å²) < 4.78 is 5.01. The number of nitrogens with zero attached hydrogens (tertiary/aromatic N) is 1. The molecule has 0 fully saturated rings. The van der Waals surface area contributed by atoms with Crippen molar-refractivity contribution in [3.63, 3.8) is 0 Å². The lowest BCUT2D eigenvalue weighted by Gasteiger charge is -1.99. The SMILES string of the molecule is CC(=O)c1ccc2nc(C)c(=O)oc2c1. The number of benzene rings is 1. The van der Waals surface area contributed by atoms with Crippen LogP contribution in [0.4, 0.5) is 0 Å². The lowest BCUT2D eigenvalue weighted by molar-refractivity contribution is 0.101. The first-order chi connectivity index (χ1) is 7.08. The van der Waals surface area contributed by atoms with Gasteiger partial charge in [0.05, 0.1) is 0 Å². The molecule has 0 unspecified atom stereocenters. The highest BCUT2D eigenvalue weighted by molar-refractivity contribution is 5.96. The number of aryl methyl sites for hydroxylation is 1. The Kier molecular flexibility index (Phi) is 2.11. The van der Waals surface area contributed by atoms with Crippen LogP contribution in [0.1, 0.15) is 23.0 Å². The van der Waals surface area contributed by atoms with Crippen LogP contribution in [0, 0.1) is 6.92 Å². The van der Waals surface area contributed by atoms with E-state index in [4.69, 9.17) is 4.42 Å². The van der Waals surface area contributed by atoms with E-state index >= 15 is 0 Å². The lowest BCUT2D eigenvalue weighted by Crippen LogP contribution is -2.06. The number of carbonyl (C=O) groups excluding carboxylic acids is 1. The largest absolute Gasteiger partial charge is 0.420 e. The predicted octanol–water partition coefficient (Wildman–Crippen LogP) is 1.70. The molecule has 1 aromatic carbocycles. The van der Waals surface area contributed by atoms with E-state index in [0.29, 0.717) is 22.4 Å². The van der Waals surface area contributed by atoms with Crippen LogP contribution in [0.25, 0.3) is 11.1 Å². The van der Waals surface area contributed by atoms with Crippen LogP contribution in [0.2, 0.25) is 0 Å². The molecule has 0 aliphatic heterocycles. The highest BCUT2D eigenvalue weighted by atomic mass is 16.4. The molecule has 0 bridgehead atoms. The van der Waals surface area contributed by atoms with Gasteiger partial charge in [-0.05, 0) is 32.0 Å². The Hall–Kier alpha value is -1.97. The first-order valence-corrected chi connectivity index (χ1v) is 4.50. The maximum Gasteiger partial charge on any atom is 0.357 e. The summed E-state index contributed by atoms with van der Waals surface area (Å²) in [5.41, 5.74) is 1.29. The van der Waals surface area contributed by atoms with Gasteiger partial charge in [-0.25, -0.2) is 9.78 Å². The fourth-order valence-corrected chi connectivity index (χ4v) is 1.31. The number of hydrogen-bond acceptors (Lipinski definition) is 4. The van der Waals surface area contributed by atoms with Gasteiger partial charge in [0, 0.05) is 5.56 Å². The average molecular weight is 203 g/mol. The van der Waals surface area contributed by atoms with Gasteiger partial charge >= 0.3 is 5.63 Å². The number of Topliss-reactive ketones (excluding diaryl/α,β-unsaturated/α-hetero) is 1. The average Bonchev–Trinajstić information content (AvgIpc) is 2.19. The number of rotatable bonds is 1. The second-order valence-electron chi connectivity index (χ2n) is 3.33. The predicted molar refractivity (Wildman–Crippen MR) is 55.0 cm³/mol. The second kappa shape index (κ2) is 3.31. The summed E-state index contributed by atoms with van der Waals surface area (Å²) in [7, 11) is 0. The maximum atomic E-state index is 11.2. The van der Waals surface area contributed by atoms with Crippen molar-refractivity contribution in [3.05, 3.63) is 39.9 Å². The van der Waals surface area contributed by atoms with Gasteiger partial charge in [0.25, 0.3) is 0 Å². The molecule has 0 saturated heterocycles. The molecule has 0 saturated carbocycles. The van der Waals surface area contributed by atoms with E-state index in [1.54, 1.807) is 19.1 Å². The molecule has 2 aromatic rings. The summed E-state index contributed by atoms with van der Waals surface area (Å²) in [5.74, 6) is -0.0693. The van der Waals surface area contributed by atoms with Crippen LogP contribution in [-0.2, 0) is 0 Å². The third-order valence-electron chi connectivity index (χ3n) is 2.15. The summed E-state index contributed by atoms with van der Waals surface area (Å²) >= 11 is 0. The van der Waals surface area contributed by atoms with Gasteiger partial charge in [-0.15, -0.1) is 0 Å². The lowest BCUT2D eigenvalue weighted by atomic mass is 10.1. The zero-order chi connectivity index (χ0) is 11.0. The molecule has 0 N–H and O–H groups in total. The van der Waals surface area contributed by atoms with Crippen molar-refractivity contribution in [2.45, 2.75) is 13.8 Å². The molecule has 4 nitrogen and oxygen atoms in total. The van der Waals surface area contributed by atoms with Crippen molar-refractivity contribution in [3.8, 4) is 0 Å². The molecule has 0 atom stereocenters. The molecular weight excluding hydrogens is 194 g/mol. The normalized spacial score (nSPS) is 10.5. The molecule has 0 amide bonds. The molecule has 76 valence electrons. The van der Waals surface area contributed by atoms with E-state index in [0.717, 1.165) is 0 Å². The monoisotopic (exact) mass is 203 g/mol. The van der Waals surface area contributed by atoms with Crippen molar-refractivity contribution in [2.75, 3.05) is 0 Å². The smallest absolute Gasteiger partial charge is 0.357 e. The van der Waals surface area contributed by atoms with Gasteiger partial charge in [-0.2, -0.15) is 0 Å². The second-order valence-corrected chi connectivity index (χ2v) is 3.33. The quantitative estimate of drug-likeness (QED) is 0.662. The van der Waals surface area contributed by atoms with Gasteiger partial charge in [0.1, 0.15) is 11.2 Å². The topological polar surface area (TPSA) is 60.2 Å². The number of aromatic nitrogens is 1. The number of hydrogen-bond donors (Lipinski definition) is 0. The number of ketones is 1. The highest BCUT2D eigenvalue weighted by Gasteiger charge is 2.05. The molecule has 0 aliphatic rings. The zero-order valence-corrected chi connectivity index (χ0v) is 8.40. The third-order valence-corrected chi connectivity index (χ3v) is 2.15. The van der Waals surface area contributed by atoms with E-state index in [1.165, 1.54) is 13.0 Å². The van der Waals surface area contributed by atoms with Gasteiger partial charge in [0.2, 0.25) is 0 Å². The van der Waals surface area contributed by atoms with Crippen molar-refractivity contribution < 1.29 is 9.21 Å². The van der Waals surface area contributed by atoms with Gasteiger partial charge in [0.15, 0.2) is 11.4 Å². The molecule has 15 heavy (non-hydrogen) atoms. The minimum atomic E-state index is -0.469. The van der Waals surface area contributed by atoms with Crippen LogP contribution in [0.5, 0.6) is 0 Å². The Labute approximate surface area is 85.6 Å². The standard InChI is InChI=1S/C11H9NO3/c1-6-11(14)15-10-5-8(7(2)13)3-4-9(10)12-6/h3-5H,1-2H3. The number of carbonyl (C=O) groups is 1. The van der Waals surface area contributed by atoms with E-state index < -0.39 is 5.63 Å². The maximum absolute atomic E-state index is 11.2. The van der Waals surface area contributed by atoms with E-state index in [2.05, 4.69) is 4.98 Å². The Morgan fingerprint density at radius 1 is 1.40 bits per heavy atom. The first kappa shape index (κ1) is 9.58. The first-order valence-electron chi connectivity index (χ1n) is 4.50. The third kappa shape index (κ3) is 1.66. The minimum absolute atomic E-state index is 0.0693. The molecule has 4 heteroatoms. The Morgan fingerprint density at radius 3 is 2.80 bits per heavy atom. The van der Waals surface area contributed by atoms with Crippen LogP contribution in [0.15, 0.2) is 27.4 Å². The Balaban J connectivity index is 2.77. The van der Waals surface area contributed by atoms with Crippen LogP contribution in [0.3, 0.4) is 0 Å². The van der Waals surface area contributed by atoms with E-state index in [9.17, 15) is 9.59 Å². The summed E-state index contributed by atoms with van der Waals surface area (Å²) in [6, 6.07) is 4.87. The van der Waals surface area contributed by atoms with Crippen molar-refractivity contribution in [2.24, 2.45) is 0 Å². The van der Waals surface area contributed by atoms with Crippen LogP contribution >= 0.6 is 0 Å². The fraction of sp³-hybridized carbons (Fsp3) is 0.182. The van der Waals surface area contributed by atoms with E-state index in [1.807, 2.05) is 0 Å². The molecular formula is C11H9NO3. The van der Waals surface area contributed by atoms with Gasteiger partial charge in [-0.1, -0.05) is 0 Å². The molecule has 1 aromatic heterocycles. The van der Waals surface area contributed by atoms with Crippen LogP contribution in [-0.4, -0.2) is 10.8 Å². The van der Waals surface area contributed by atoms with Gasteiger partial charge < -0.3 is 4.42 Å². The molecule has 2 rings (SSSR count). The molecule has 0 spiro atoms. The summed E-state index contributed by atoms with van der Waals surface area (Å²) in [6.07, 6.45) is 0. The summed E-state index contributed by atoms with van der Waals surface area (Å²) in [5, 5.41) is 0. The van der Waals surface area contributed by atoms with Crippen molar-refractivity contribution >= 4 is 16.9 Å². The number of fused-ring (bicyclic) bond motifs is 1. The highest BCUT2D eigenvalue weighted by Crippen LogP contribution is 2.12. The fourth-order valence-electron chi connectivity index (χ4n) is 1.31. The van der Waals surface area contributed by atoms with Crippen molar-refractivity contribution in [1.29, 1.82) is 0 Å². The Morgan fingerprint density at radius 2 is 2.13 bits per heavy atom. The van der Waals surface area contributed by atoms with Gasteiger partial charge in [-0.3, -0.25) is 4.79 Å². The Bertz CT molecular complexity index is 598. The minimum Gasteiger partial charge on any atom is -0.420 e. The molecule has 0 aliphatic carbocycles. The van der Waals surface area contributed by atoms with Crippen LogP contribution < -0.4 is 5.63 Å². The molecule has 0 radical (unpaired) electrons. The molecule has 1 heterocycles. The van der Waals surface area contributed by atoms with Crippen molar-refractivity contribution in [1.82, 2.24) is 4.98 Å². The zero-order valence-electron chi connectivity index (χ0n) is 8.40.